The van der Waals surface area contributed by atoms with E-state index < -0.39 is 0 Å². The number of benzene rings is 1. The molecule has 4 nitrogen and oxygen atoms in total. The number of hydrogen-bond acceptors (Lipinski definition) is 4. The lowest BCUT2D eigenvalue weighted by atomic mass is 10.2. The van der Waals surface area contributed by atoms with E-state index in [-0.39, 0.29) is 24.4 Å². The lowest BCUT2D eigenvalue weighted by molar-refractivity contribution is -0.122. The van der Waals surface area contributed by atoms with E-state index in [1.807, 2.05) is 30.5 Å². The number of halogens is 1. The van der Waals surface area contributed by atoms with Crippen LogP contribution in [0.4, 0.5) is 0 Å². The summed E-state index contributed by atoms with van der Waals surface area (Å²) in [5, 5.41) is 2.87. The van der Waals surface area contributed by atoms with Crippen LogP contribution in [0.1, 0.15) is 24.8 Å². The molecule has 0 fully saturated rings. The second-order valence-electron chi connectivity index (χ2n) is 5.05. The van der Waals surface area contributed by atoms with Crippen LogP contribution in [0, 0.1) is 6.92 Å². The van der Waals surface area contributed by atoms with Crippen molar-refractivity contribution in [3.8, 4) is 5.75 Å². The van der Waals surface area contributed by atoms with Crippen molar-refractivity contribution in [2.45, 2.75) is 32.2 Å². The SMILES string of the molecule is CSCCC(N)C(=O)NCCCCOc1ccc(C)cc1.Cl. The summed E-state index contributed by atoms with van der Waals surface area (Å²) >= 11 is 1.70. The minimum Gasteiger partial charge on any atom is -0.494 e. The summed E-state index contributed by atoms with van der Waals surface area (Å²) in [6, 6.07) is 7.63. The lowest BCUT2D eigenvalue weighted by Gasteiger charge is -2.11. The minimum absolute atomic E-state index is 0. The highest BCUT2D eigenvalue weighted by Crippen LogP contribution is 2.11. The number of hydrogen-bond donors (Lipinski definition) is 2. The first-order valence-corrected chi connectivity index (χ1v) is 8.74. The van der Waals surface area contributed by atoms with Crippen LogP contribution in [0.25, 0.3) is 0 Å². The molecule has 0 aromatic heterocycles. The van der Waals surface area contributed by atoms with Gasteiger partial charge in [-0.2, -0.15) is 11.8 Å². The number of ether oxygens (including phenoxy) is 1. The van der Waals surface area contributed by atoms with Crippen molar-refractivity contribution < 1.29 is 9.53 Å². The fourth-order valence-electron chi connectivity index (χ4n) is 1.77. The van der Waals surface area contributed by atoms with Gasteiger partial charge >= 0.3 is 0 Å². The number of unbranched alkanes of at least 4 members (excludes halogenated alkanes) is 1. The van der Waals surface area contributed by atoms with Gasteiger partial charge in [-0.3, -0.25) is 4.79 Å². The van der Waals surface area contributed by atoms with E-state index in [0.29, 0.717) is 13.2 Å². The van der Waals surface area contributed by atoms with Crippen LogP contribution in [-0.4, -0.2) is 37.1 Å². The van der Waals surface area contributed by atoms with Crippen molar-refractivity contribution in [1.29, 1.82) is 0 Å². The van der Waals surface area contributed by atoms with E-state index in [1.165, 1.54) is 5.56 Å². The van der Waals surface area contributed by atoms with Crippen LogP contribution in [-0.2, 0) is 4.79 Å². The monoisotopic (exact) mass is 346 g/mol. The molecule has 3 N–H and O–H groups in total. The molecule has 0 aliphatic rings. The van der Waals surface area contributed by atoms with Gasteiger partial charge in [-0.25, -0.2) is 0 Å². The van der Waals surface area contributed by atoms with E-state index in [2.05, 4.69) is 12.2 Å². The summed E-state index contributed by atoms with van der Waals surface area (Å²) < 4.78 is 5.63. The molecule has 1 amide bonds. The molecule has 6 heteroatoms. The number of nitrogens with one attached hydrogen (secondary N) is 1. The van der Waals surface area contributed by atoms with E-state index in [0.717, 1.165) is 30.8 Å². The van der Waals surface area contributed by atoms with Crippen LogP contribution in [0.5, 0.6) is 5.75 Å². The number of rotatable bonds is 10. The molecule has 1 aromatic rings. The molecule has 0 saturated heterocycles. The Morgan fingerprint density at radius 3 is 2.64 bits per heavy atom. The Labute approximate surface area is 144 Å². The summed E-state index contributed by atoms with van der Waals surface area (Å²) in [5.41, 5.74) is 7.01. The summed E-state index contributed by atoms with van der Waals surface area (Å²) in [5.74, 6) is 1.76. The Morgan fingerprint density at radius 1 is 1.32 bits per heavy atom. The third kappa shape index (κ3) is 9.18. The fraction of sp³-hybridized carbons (Fsp3) is 0.562. The van der Waals surface area contributed by atoms with Gasteiger partial charge in [0, 0.05) is 6.54 Å². The van der Waals surface area contributed by atoms with Crippen LogP contribution in [0.2, 0.25) is 0 Å². The third-order valence-electron chi connectivity index (χ3n) is 3.13. The molecule has 0 bridgehead atoms. The molecule has 1 rings (SSSR count). The highest BCUT2D eigenvalue weighted by Gasteiger charge is 2.11. The zero-order chi connectivity index (χ0) is 15.5. The maximum absolute atomic E-state index is 11.7. The van der Waals surface area contributed by atoms with E-state index in [1.54, 1.807) is 11.8 Å². The van der Waals surface area contributed by atoms with Gasteiger partial charge in [0.05, 0.1) is 12.6 Å². The molecule has 0 saturated carbocycles. The molecule has 0 aliphatic heterocycles. The Hall–Kier alpha value is -0.910. The smallest absolute Gasteiger partial charge is 0.236 e. The molecule has 0 heterocycles. The predicted octanol–water partition coefficient (Wildman–Crippen LogP) is 2.77. The van der Waals surface area contributed by atoms with Crippen molar-refractivity contribution in [2.75, 3.05) is 25.2 Å². The standard InChI is InChI=1S/C16H26N2O2S.ClH/c1-13-5-7-14(8-6-13)20-11-4-3-10-18-16(19)15(17)9-12-21-2;/h5-8,15H,3-4,9-12,17H2,1-2H3,(H,18,19);1H. The average Bonchev–Trinajstić information content (AvgIpc) is 2.49. The largest absolute Gasteiger partial charge is 0.494 e. The molecule has 0 radical (unpaired) electrons. The quantitative estimate of drug-likeness (QED) is 0.639. The van der Waals surface area contributed by atoms with Gasteiger partial charge in [0.15, 0.2) is 0 Å². The van der Waals surface area contributed by atoms with Crippen LogP contribution in [0.15, 0.2) is 24.3 Å². The summed E-state index contributed by atoms with van der Waals surface area (Å²) in [6.45, 7) is 3.37. The Balaban J connectivity index is 0.00000441. The first kappa shape index (κ1) is 21.1. The second-order valence-corrected chi connectivity index (χ2v) is 6.03. The molecule has 22 heavy (non-hydrogen) atoms. The predicted molar refractivity (Wildman–Crippen MR) is 97.1 cm³/mol. The van der Waals surface area contributed by atoms with E-state index in [4.69, 9.17) is 10.5 Å². The summed E-state index contributed by atoms with van der Waals surface area (Å²) in [4.78, 5) is 11.7. The van der Waals surface area contributed by atoms with Gasteiger partial charge in [0.1, 0.15) is 5.75 Å². The van der Waals surface area contributed by atoms with Gasteiger partial charge < -0.3 is 15.8 Å². The van der Waals surface area contributed by atoms with Gasteiger partial charge in [0.2, 0.25) is 5.91 Å². The molecular weight excluding hydrogens is 320 g/mol. The van der Waals surface area contributed by atoms with Crippen LogP contribution >= 0.6 is 24.2 Å². The van der Waals surface area contributed by atoms with E-state index >= 15 is 0 Å². The Kier molecular flexibility index (Phi) is 12.1. The van der Waals surface area contributed by atoms with Gasteiger partial charge in [-0.1, -0.05) is 17.7 Å². The average molecular weight is 347 g/mol. The van der Waals surface area contributed by atoms with Gasteiger partial charge in [-0.15, -0.1) is 12.4 Å². The maximum Gasteiger partial charge on any atom is 0.236 e. The number of aryl methyl sites for hydroxylation is 1. The molecule has 126 valence electrons. The molecule has 1 atom stereocenters. The topological polar surface area (TPSA) is 64.4 Å². The number of amides is 1. The minimum atomic E-state index is -0.388. The third-order valence-corrected chi connectivity index (χ3v) is 3.77. The highest BCUT2D eigenvalue weighted by atomic mass is 35.5. The molecular formula is C16H27ClN2O2S. The number of carbonyl (C=O) groups is 1. The molecule has 0 aliphatic carbocycles. The lowest BCUT2D eigenvalue weighted by Crippen LogP contribution is -2.41. The molecule has 0 spiro atoms. The molecule has 1 aromatic carbocycles. The van der Waals surface area contributed by atoms with Crippen molar-refractivity contribution in [3.05, 3.63) is 29.8 Å². The van der Waals surface area contributed by atoms with Crippen LogP contribution < -0.4 is 15.8 Å². The first-order valence-electron chi connectivity index (χ1n) is 7.35. The van der Waals surface area contributed by atoms with Gasteiger partial charge in [-0.05, 0) is 50.3 Å². The zero-order valence-corrected chi connectivity index (χ0v) is 15.0. The summed E-state index contributed by atoms with van der Waals surface area (Å²) in [6.07, 6.45) is 4.54. The van der Waals surface area contributed by atoms with Gasteiger partial charge in [0.25, 0.3) is 0 Å². The Morgan fingerprint density at radius 2 is 2.00 bits per heavy atom. The maximum atomic E-state index is 11.7. The van der Waals surface area contributed by atoms with Crippen molar-refractivity contribution in [1.82, 2.24) is 5.32 Å². The van der Waals surface area contributed by atoms with Crippen LogP contribution in [0.3, 0.4) is 0 Å². The normalized spacial score (nSPS) is 11.4. The number of thioether (sulfide) groups is 1. The molecule has 1 unspecified atom stereocenters. The van der Waals surface area contributed by atoms with Crippen molar-refractivity contribution in [2.24, 2.45) is 5.73 Å². The Bertz CT molecular complexity index is 415. The van der Waals surface area contributed by atoms with Crippen molar-refractivity contribution in [3.63, 3.8) is 0 Å². The highest BCUT2D eigenvalue weighted by molar-refractivity contribution is 7.98. The summed E-state index contributed by atoms with van der Waals surface area (Å²) in [7, 11) is 0. The first-order chi connectivity index (χ1) is 10.1. The fourth-order valence-corrected chi connectivity index (χ4v) is 2.26. The zero-order valence-electron chi connectivity index (χ0n) is 13.3. The van der Waals surface area contributed by atoms with E-state index in [9.17, 15) is 4.79 Å². The van der Waals surface area contributed by atoms with Crippen molar-refractivity contribution >= 4 is 30.1 Å². The number of carbonyl (C=O) groups excluding carboxylic acids is 1. The number of nitrogens with two attached hydrogens (primary N) is 1. The second kappa shape index (κ2) is 12.6.